The Morgan fingerprint density at radius 2 is 0.833 bits per heavy atom. The topological polar surface area (TPSA) is 350 Å². The third-order valence-corrected chi connectivity index (χ3v) is 18.9. The molecule has 0 aromatic carbocycles. The second kappa shape index (κ2) is 25.5. The van der Waals surface area contributed by atoms with Gasteiger partial charge in [0.25, 0.3) is 0 Å². The van der Waals surface area contributed by atoms with E-state index in [4.69, 9.17) is 75.1 Å². The lowest BCUT2D eigenvalue weighted by atomic mass is 9.95. The van der Waals surface area contributed by atoms with E-state index in [1.165, 1.54) is 28.4 Å². The van der Waals surface area contributed by atoms with Gasteiger partial charge in [0.05, 0.1) is 24.4 Å². The van der Waals surface area contributed by atoms with Crippen LogP contribution in [-0.4, -0.2) is 237 Å². The van der Waals surface area contributed by atoms with Gasteiger partial charge in [-0.2, -0.15) is 0 Å². The molecule has 2 unspecified atom stereocenters. The van der Waals surface area contributed by atoms with Gasteiger partial charge in [-0.15, -0.1) is 0 Å². The third kappa shape index (κ3) is 13.7. The fourth-order valence-electron chi connectivity index (χ4n) is 8.71. The van der Waals surface area contributed by atoms with Crippen LogP contribution in [0.1, 0.15) is 53.4 Å². The van der Waals surface area contributed by atoms with Gasteiger partial charge in [-0.3, -0.25) is 9.15 Å². The van der Waals surface area contributed by atoms with Crippen molar-refractivity contribution in [3.05, 3.63) is 0 Å². The summed E-state index contributed by atoms with van der Waals surface area (Å²) in [5, 5.41) is 46.7. The summed E-state index contributed by atoms with van der Waals surface area (Å²) in [6.07, 6.45) is -25.8. The third-order valence-electron chi connectivity index (χ3n) is 12.3. The van der Waals surface area contributed by atoms with E-state index >= 15 is 0 Å². The molecule has 5 fully saturated rings. The largest absolute Gasteiger partial charge is 0.495 e. The minimum atomic E-state index is -4.91. The Morgan fingerprint density at radius 3 is 1.26 bits per heavy atom. The Hall–Kier alpha value is -0.172. The van der Waals surface area contributed by atoms with Crippen molar-refractivity contribution in [3.8, 4) is 0 Å². The number of methoxy groups -OCH3 is 4. The van der Waals surface area contributed by atoms with Crippen LogP contribution in [0.15, 0.2) is 0 Å². The number of hydrogen-bond acceptors (Lipinski definition) is 26. The summed E-state index contributed by atoms with van der Waals surface area (Å²) in [5.41, 5.74) is 0. The Labute approximate surface area is 388 Å². The number of fused-ring (bicyclic) bond motifs is 6. The Balaban J connectivity index is 1.48. The molecule has 0 aromatic rings. The van der Waals surface area contributed by atoms with Crippen LogP contribution in [0.5, 0.6) is 0 Å². The fourth-order valence-corrected chi connectivity index (χ4v) is 16.0. The fraction of sp³-hybridized carbons (Fsp3) is 1.00. The molecule has 0 radical (unpaired) electrons. The number of aliphatic hydroxyl groups is 4. The van der Waals surface area contributed by atoms with Gasteiger partial charge in [-0.05, 0) is 37.8 Å². The highest BCUT2D eigenvalue weighted by molar-refractivity contribution is 6.60. The van der Waals surface area contributed by atoms with Gasteiger partial charge >= 0.3 is 36.2 Å². The van der Waals surface area contributed by atoms with E-state index in [0.717, 1.165) is 0 Å². The molecule has 388 valence electrons. The highest BCUT2D eigenvalue weighted by Gasteiger charge is 2.57. The first kappa shape index (κ1) is 56.7. The molecule has 22 atom stereocenters. The molecule has 0 aromatic heterocycles. The van der Waals surface area contributed by atoms with Gasteiger partial charge in [0.2, 0.25) is 0 Å². The molecule has 0 aliphatic carbocycles. The van der Waals surface area contributed by atoms with E-state index in [9.17, 15) is 49.2 Å². The number of aliphatic hydroxyl groups excluding tert-OH is 4. The van der Waals surface area contributed by atoms with Gasteiger partial charge < -0.3 is 105 Å². The molecule has 4 bridgehead atoms. The molecule has 0 saturated carbocycles. The monoisotopic (exact) mass is 1030 g/mol. The van der Waals surface area contributed by atoms with Crippen molar-refractivity contribution in [1.82, 2.24) is 0 Å². The lowest BCUT2D eigenvalue weighted by molar-refractivity contribution is -0.413. The van der Waals surface area contributed by atoms with E-state index in [2.05, 4.69) is 0 Å². The summed E-state index contributed by atoms with van der Waals surface area (Å²) in [5.74, 6) is 0. The first-order chi connectivity index (χ1) is 31.3. The summed E-state index contributed by atoms with van der Waals surface area (Å²) in [4.78, 5) is 78.3. The maximum Gasteiger partial charge on any atom is 0.495 e. The van der Waals surface area contributed by atoms with Crippen molar-refractivity contribution in [3.63, 3.8) is 0 Å². The highest BCUT2D eigenvalue weighted by atomic mass is 28.4. The lowest BCUT2D eigenvalue weighted by Crippen LogP contribution is -2.67. The smallest absolute Gasteiger partial charge is 0.411 e. The molecule has 0 amide bonds. The van der Waals surface area contributed by atoms with Crippen LogP contribution in [0.4, 0.5) is 0 Å². The van der Waals surface area contributed by atoms with Crippen LogP contribution in [0.25, 0.3) is 0 Å². The normalized spacial score (nSPS) is 47.0. The quantitative estimate of drug-likeness (QED) is 0.0813. The summed E-state index contributed by atoms with van der Waals surface area (Å²) in [6.45, 7) is 6.96. The van der Waals surface area contributed by atoms with Crippen LogP contribution in [0.3, 0.4) is 0 Å². The van der Waals surface area contributed by atoms with Gasteiger partial charge in [-0.25, -0.2) is 9.78 Å². The second-order valence-electron chi connectivity index (χ2n) is 16.8. The van der Waals surface area contributed by atoms with Crippen molar-refractivity contribution in [2.24, 2.45) is 0 Å². The van der Waals surface area contributed by atoms with Crippen molar-refractivity contribution in [2.45, 2.75) is 200 Å². The van der Waals surface area contributed by atoms with E-state index in [1.807, 2.05) is 0 Å². The van der Waals surface area contributed by atoms with Gasteiger partial charge in [0.1, 0.15) is 61.0 Å². The van der Waals surface area contributed by atoms with E-state index in [0.29, 0.717) is 6.42 Å². The van der Waals surface area contributed by atoms with E-state index in [1.54, 1.807) is 27.7 Å². The maximum atomic E-state index is 11.8. The van der Waals surface area contributed by atoms with Crippen LogP contribution in [0.2, 0.25) is 24.2 Å². The maximum absolute atomic E-state index is 11.8. The summed E-state index contributed by atoms with van der Waals surface area (Å²) in [6, 6.07) is -2.00. The number of rotatable bonds is 8. The Kier molecular flexibility index (Phi) is 21.9. The first-order valence-electron chi connectivity index (χ1n) is 22.3. The zero-order valence-electron chi connectivity index (χ0n) is 38.4. The van der Waals surface area contributed by atoms with Crippen LogP contribution in [0, 0.1) is 0 Å². The predicted octanol–water partition coefficient (Wildman–Crippen LogP) is -4.25. The van der Waals surface area contributed by atoms with E-state index < -0.39 is 183 Å². The number of hydrogen-bond donors (Lipinski definition) is 10. The molecule has 30 heteroatoms. The van der Waals surface area contributed by atoms with Crippen molar-refractivity contribution >= 4 is 36.2 Å². The summed E-state index contributed by atoms with van der Waals surface area (Å²) < 4.78 is 81.2. The average molecular weight is 1030 g/mol. The standard InChI is InChI=1S/C36H72O26Si4/c1-9-17-25(47-5)21(37)30-35(53-17)55-27-19(11-3)51-33(49-7)29(23(27)39)57-61-63(41)14-16-66(45,46)60-32-22(38)26(48-6)18(10-2)54-36(32)56-28-20(12-4)52-34(50-8)31(24(28)40)59-65(43,44)15-13-64(42)62-58-30/h17-46,63-64H,9-16H2,1-8H3/t17-,18-,19-,20-,21-,22-,23-,24-,25+,26+,27+,28+,29+,30+,31+,32+,33+,34+,35-,36-,63?,64?/m1/s1. The molecule has 5 rings (SSSR count). The van der Waals surface area contributed by atoms with Gasteiger partial charge in [0, 0.05) is 40.5 Å². The van der Waals surface area contributed by atoms with Gasteiger partial charge in [-0.1, -0.05) is 27.7 Å². The SMILES string of the molecule is CC[C@H]1O[C@@H]2O[C@@H]3[C@@H](O)[C@H](OO[SiH](O)CC[Si](O)(O)O[C@@H]4[C@@H](O[C@@H]5[C@@H](O)[C@H](O[Si](O)(O)CC[SiH](O)OO[C@H]2[C@H](O)[C@H]1OC)[C@@H](OC)O[C@@H]5CC)O[C@H](CC)[C@H](OC)[C@H]4O)[C@@H](OC)O[C@@H]3CC. The van der Waals surface area contributed by atoms with Crippen LogP contribution < -0.4 is 0 Å². The Bertz CT molecular complexity index is 1440. The predicted molar refractivity (Wildman–Crippen MR) is 225 cm³/mol. The van der Waals surface area contributed by atoms with Crippen molar-refractivity contribution < 1.29 is 124 Å². The first-order valence-corrected chi connectivity index (χ1v) is 30.0. The summed E-state index contributed by atoms with van der Waals surface area (Å²) >= 11 is 0. The molecule has 5 saturated heterocycles. The zero-order valence-corrected chi connectivity index (χ0v) is 42.7. The lowest BCUT2D eigenvalue weighted by Gasteiger charge is -2.49. The van der Waals surface area contributed by atoms with Crippen LogP contribution >= 0.6 is 0 Å². The van der Waals surface area contributed by atoms with Crippen molar-refractivity contribution in [2.75, 3.05) is 28.4 Å². The molecule has 0 spiro atoms. The molecular weight excluding hydrogens is 961 g/mol. The average Bonchev–Trinajstić information content (AvgIpc) is 3.29. The molecule has 66 heavy (non-hydrogen) atoms. The molecule has 5 aliphatic heterocycles. The van der Waals surface area contributed by atoms with Crippen molar-refractivity contribution in [1.29, 1.82) is 0 Å². The minimum Gasteiger partial charge on any atom is -0.411 e. The number of ether oxygens (including phenoxy) is 10. The molecule has 5 heterocycles. The van der Waals surface area contributed by atoms with Gasteiger partial charge in [0.15, 0.2) is 37.4 Å². The highest BCUT2D eigenvalue weighted by Crippen LogP contribution is 2.37. The minimum absolute atomic E-state index is 0.193. The molecular formula is C36H72O26Si4. The van der Waals surface area contributed by atoms with E-state index in [-0.39, 0.29) is 19.3 Å². The molecule has 10 N–H and O–H groups in total. The zero-order chi connectivity index (χ0) is 48.7. The second-order valence-corrected chi connectivity index (χ2v) is 24.6. The molecule has 5 aliphatic rings. The summed E-state index contributed by atoms with van der Waals surface area (Å²) in [7, 11) is -11.7. The van der Waals surface area contributed by atoms with Crippen LogP contribution in [-0.2, 0) is 75.1 Å². The molecule has 26 nitrogen and oxygen atoms in total. The Morgan fingerprint density at radius 1 is 0.455 bits per heavy atom.